The Labute approximate surface area is 141 Å². The Bertz CT molecular complexity index is 712. The normalized spacial score (nSPS) is 9.96. The molecule has 2 amide bonds. The van der Waals surface area contributed by atoms with Gasteiger partial charge in [0.1, 0.15) is 12.2 Å². The number of benzene rings is 2. The Morgan fingerprint density at radius 1 is 0.958 bits per heavy atom. The zero-order valence-corrected chi connectivity index (χ0v) is 14.0. The van der Waals surface area contributed by atoms with Crippen molar-refractivity contribution in [2.75, 3.05) is 36.7 Å². The first-order valence-electron chi connectivity index (χ1n) is 7.49. The van der Waals surface area contributed by atoms with Gasteiger partial charge in [0.05, 0.1) is 12.8 Å². The van der Waals surface area contributed by atoms with Crippen molar-refractivity contribution in [1.29, 1.82) is 0 Å². The summed E-state index contributed by atoms with van der Waals surface area (Å²) >= 11 is 0. The molecule has 0 aliphatic heterocycles. The van der Waals surface area contributed by atoms with Crippen LogP contribution in [0.5, 0.6) is 5.75 Å². The molecule has 2 N–H and O–H groups in total. The maximum absolute atomic E-state index is 12.0. The molecule has 2 rings (SSSR count). The van der Waals surface area contributed by atoms with Crippen LogP contribution in [0, 0.1) is 0 Å². The van der Waals surface area contributed by atoms with Crippen molar-refractivity contribution < 1.29 is 14.3 Å². The third-order valence-electron chi connectivity index (χ3n) is 3.37. The lowest BCUT2D eigenvalue weighted by atomic mass is 10.2. The summed E-state index contributed by atoms with van der Waals surface area (Å²) < 4.78 is 5.16. The first-order valence-corrected chi connectivity index (χ1v) is 7.49. The number of carbonyl (C=O) groups excluding carboxylic acids is 2. The van der Waals surface area contributed by atoms with E-state index >= 15 is 0 Å². The largest absolute Gasteiger partial charge is 0.495 e. The molecule has 0 saturated carbocycles. The van der Waals surface area contributed by atoms with Crippen LogP contribution in [0.15, 0.2) is 48.5 Å². The Balaban J connectivity index is 1.90. The molecule has 6 heteroatoms. The van der Waals surface area contributed by atoms with E-state index in [0.717, 1.165) is 5.69 Å². The quantitative estimate of drug-likeness (QED) is 0.800. The lowest BCUT2D eigenvalue weighted by Gasteiger charge is -2.13. The minimum absolute atomic E-state index is 0.270. The summed E-state index contributed by atoms with van der Waals surface area (Å²) in [6, 6.07) is 14.4. The third kappa shape index (κ3) is 4.74. The number of rotatable bonds is 6. The maximum Gasteiger partial charge on any atom is 0.233 e. The van der Waals surface area contributed by atoms with Gasteiger partial charge < -0.3 is 20.3 Å². The van der Waals surface area contributed by atoms with Gasteiger partial charge in [-0.2, -0.15) is 0 Å². The summed E-state index contributed by atoms with van der Waals surface area (Å²) in [5, 5.41) is 5.37. The second kappa shape index (κ2) is 8.01. The van der Waals surface area contributed by atoms with Crippen LogP contribution in [0.3, 0.4) is 0 Å². The molecule has 2 aromatic carbocycles. The van der Waals surface area contributed by atoms with Crippen LogP contribution in [0.1, 0.15) is 6.42 Å². The van der Waals surface area contributed by atoms with E-state index in [-0.39, 0.29) is 12.3 Å². The van der Waals surface area contributed by atoms with E-state index < -0.39 is 5.91 Å². The first-order chi connectivity index (χ1) is 11.5. The number of hydrogen-bond donors (Lipinski definition) is 2. The van der Waals surface area contributed by atoms with Crippen molar-refractivity contribution in [2.45, 2.75) is 6.42 Å². The number of nitrogens with one attached hydrogen (secondary N) is 2. The number of nitrogens with zero attached hydrogens (tertiary/aromatic N) is 1. The Kier molecular flexibility index (Phi) is 5.78. The van der Waals surface area contributed by atoms with Gasteiger partial charge >= 0.3 is 0 Å². The molecular weight excluding hydrogens is 306 g/mol. The number of hydrogen-bond acceptors (Lipinski definition) is 4. The van der Waals surface area contributed by atoms with Crippen LogP contribution in [0.25, 0.3) is 0 Å². The van der Waals surface area contributed by atoms with Crippen LogP contribution >= 0.6 is 0 Å². The summed E-state index contributed by atoms with van der Waals surface area (Å²) in [5.74, 6) is -0.229. The van der Waals surface area contributed by atoms with E-state index in [1.54, 1.807) is 36.4 Å². The van der Waals surface area contributed by atoms with Gasteiger partial charge in [-0.25, -0.2) is 0 Å². The van der Waals surface area contributed by atoms with Gasteiger partial charge in [-0.3, -0.25) is 9.59 Å². The molecule has 0 fully saturated rings. The number of methoxy groups -OCH3 is 1. The molecule has 0 aliphatic rings. The topological polar surface area (TPSA) is 70.7 Å². The predicted molar refractivity (Wildman–Crippen MR) is 95.6 cm³/mol. The van der Waals surface area contributed by atoms with Crippen molar-refractivity contribution in [1.82, 2.24) is 0 Å². The van der Waals surface area contributed by atoms with Gasteiger partial charge in [-0.15, -0.1) is 0 Å². The molecule has 6 nitrogen and oxygen atoms in total. The van der Waals surface area contributed by atoms with Crippen LogP contribution < -0.4 is 20.3 Å². The molecule has 0 aliphatic carbocycles. The summed E-state index contributed by atoms with van der Waals surface area (Å²) in [6.07, 6.45) is -0.270. The summed E-state index contributed by atoms with van der Waals surface area (Å²) in [7, 11) is 5.40. The fourth-order valence-corrected chi connectivity index (χ4v) is 2.14. The van der Waals surface area contributed by atoms with Gasteiger partial charge in [0, 0.05) is 25.5 Å². The molecule has 2 aromatic rings. The molecule has 0 radical (unpaired) electrons. The Hall–Kier alpha value is -3.02. The number of para-hydroxylation sites is 2. The smallest absolute Gasteiger partial charge is 0.233 e. The van der Waals surface area contributed by atoms with Crippen molar-refractivity contribution in [3.63, 3.8) is 0 Å². The molecule has 0 bridgehead atoms. The van der Waals surface area contributed by atoms with Crippen LogP contribution in [0.4, 0.5) is 17.1 Å². The fourth-order valence-electron chi connectivity index (χ4n) is 2.14. The Morgan fingerprint density at radius 2 is 1.58 bits per heavy atom. The van der Waals surface area contributed by atoms with Crippen LogP contribution in [0.2, 0.25) is 0 Å². The average molecular weight is 327 g/mol. The van der Waals surface area contributed by atoms with Gasteiger partial charge in [0.15, 0.2) is 0 Å². The summed E-state index contributed by atoms with van der Waals surface area (Å²) in [4.78, 5) is 25.9. The van der Waals surface area contributed by atoms with E-state index in [9.17, 15) is 9.59 Å². The van der Waals surface area contributed by atoms with E-state index in [2.05, 4.69) is 10.6 Å². The monoisotopic (exact) mass is 327 g/mol. The predicted octanol–water partition coefficient (Wildman–Crippen LogP) is 2.73. The van der Waals surface area contributed by atoms with Gasteiger partial charge in [0.2, 0.25) is 11.8 Å². The molecular formula is C18H21N3O3. The molecule has 24 heavy (non-hydrogen) atoms. The molecule has 126 valence electrons. The van der Waals surface area contributed by atoms with Crippen LogP contribution in [-0.4, -0.2) is 33.0 Å². The van der Waals surface area contributed by atoms with E-state index in [1.165, 1.54) is 7.11 Å². The summed E-state index contributed by atoms with van der Waals surface area (Å²) in [6.45, 7) is 0. The highest BCUT2D eigenvalue weighted by molar-refractivity contribution is 6.08. The lowest BCUT2D eigenvalue weighted by Crippen LogP contribution is -2.21. The standard InChI is InChI=1S/C18H21N3O3/c1-21(2)14-10-8-13(9-11-14)19-17(22)12-18(23)20-15-6-4-5-7-16(15)24-3/h4-11H,12H2,1-3H3,(H,19,22)(H,20,23). The minimum atomic E-state index is -0.401. The number of anilines is 3. The highest BCUT2D eigenvalue weighted by atomic mass is 16.5. The Morgan fingerprint density at radius 3 is 2.21 bits per heavy atom. The third-order valence-corrected chi connectivity index (χ3v) is 3.37. The molecule has 0 spiro atoms. The van der Waals surface area contributed by atoms with Crippen molar-refractivity contribution >= 4 is 28.9 Å². The molecule has 0 aromatic heterocycles. The summed E-state index contributed by atoms with van der Waals surface area (Å²) in [5.41, 5.74) is 2.21. The van der Waals surface area contributed by atoms with E-state index in [4.69, 9.17) is 4.74 Å². The van der Waals surface area contributed by atoms with Crippen molar-refractivity contribution in [3.05, 3.63) is 48.5 Å². The lowest BCUT2D eigenvalue weighted by molar-refractivity contribution is -0.123. The zero-order valence-electron chi connectivity index (χ0n) is 14.0. The second-order valence-corrected chi connectivity index (χ2v) is 5.41. The minimum Gasteiger partial charge on any atom is -0.495 e. The molecule has 0 saturated heterocycles. The average Bonchev–Trinajstić information content (AvgIpc) is 2.55. The molecule has 0 unspecified atom stereocenters. The SMILES string of the molecule is COc1ccccc1NC(=O)CC(=O)Nc1ccc(N(C)C)cc1. The van der Waals surface area contributed by atoms with E-state index in [0.29, 0.717) is 17.1 Å². The number of carbonyl (C=O) groups is 2. The maximum atomic E-state index is 12.0. The number of ether oxygens (including phenoxy) is 1. The highest BCUT2D eigenvalue weighted by Crippen LogP contribution is 2.23. The highest BCUT2D eigenvalue weighted by Gasteiger charge is 2.12. The molecule has 0 atom stereocenters. The van der Waals surface area contributed by atoms with Gasteiger partial charge in [0.25, 0.3) is 0 Å². The van der Waals surface area contributed by atoms with Crippen molar-refractivity contribution in [3.8, 4) is 5.75 Å². The van der Waals surface area contributed by atoms with Gasteiger partial charge in [-0.05, 0) is 36.4 Å². The number of amides is 2. The first kappa shape index (κ1) is 17.3. The second-order valence-electron chi connectivity index (χ2n) is 5.41. The molecule has 0 heterocycles. The van der Waals surface area contributed by atoms with E-state index in [1.807, 2.05) is 31.1 Å². The zero-order chi connectivity index (χ0) is 17.5. The fraction of sp³-hybridized carbons (Fsp3) is 0.222. The van der Waals surface area contributed by atoms with Crippen LogP contribution in [-0.2, 0) is 9.59 Å². The van der Waals surface area contributed by atoms with Gasteiger partial charge in [-0.1, -0.05) is 12.1 Å². The van der Waals surface area contributed by atoms with Crippen molar-refractivity contribution in [2.24, 2.45) is 0 Å².